The molecule has 0 aliphatic heterocycles. The Morgan fingerprint density at radius 1 is 1.50 bits per heavy atom. The summed E-state index contributed by atoms with van der Waals surface area (Å²) in [4.78, 5) is 0. The maximum Gasteiger partial charge on any atom is 0.0548 e. The van der Waals surface area contributed by atoms with E-state index in [4.69, 9.17) is 5.73 Å². The van der Waals surface area contributed by atoms with Gasteiger partial charge in [-0.25, -0.2) is 0 Å². The topological polar surface area (TPSA) is 46.2 Å². The molecule has 72 valence electrons. The fourth-order valence-corrected chi connectivity index (χ4v) is 2.37. The first-order valence-electron chi connectivity index (χ1n) is 4.85. The van der Waals surface area contributed by atoms with Crippen LogP contribution in [-0.2, 0) is 0 Å². The second kappa shape index (κ2) is 3.35. The van der Waals surface area contributed by atoms with Gasteiger partial charge in [-0.05, 0) is 36.6 Å². The van der Waals surface area contributed by atoms with Gasteiger partial charge in [0.1, 0.15) is 0 Å². The molecule has 12 heavy (non-hydrogen) atoms. The predicted octanol–water partition coefficient (Wildman–Crippen LogP) is 1.38. The maximum atomic E-state index is 9.61. The zero-order valence-electron chi connectivity index (χ0n) is 8.38. The Hall–Kier alpha value is -0.0800. The lowest BCUT2D eigenvalue weighted by Gasteiger charge is -2.44. The number of aliphatic hydroxyl groups is 1. The summed E-state index contributed by atoms with van der Waals surface area (Å²) in [6, 6.07) is 0. The third-order valence-corrected chi connectivity index (χ3v) is 3.58. The van der Waals surface area contributed by atoms with Crippen LogP contribution in [0.2, 0.25) is 0 Å². The average Bonchev–Trinajstić information content (AvgIpc) is 1.96. The number of rotatable bonds is 1. The van der Waals surface area contributed by atoms with Crippen LogP contribution < -0.4 is 5.73 Å². The van der Waals surface area contributed by atoms with E-state index in [-0.39, 0.29) is 11.5 Å². The van der Waals surface area contributed by atoms with Crippen molar-refractivity contribution in [2.75, 3.05) is 6.54 Å². The number of nitrogens with two attached hydrogens (primary N) is 1. The summed E-state index contributed by atoms with van der Waals surface area (Å²) in [5, 5.41) is 9.61. The largest absolute Gasteiger partial charge is 0.393 e. The molecular weight excluding hydrogens is 150 g/mol. The molecule has 0 amide bonds. The molecule has 0 aromatic heterocycles. The van der Waals surface area contributed by atoms with Gasteiger partial charge >= 0.3 is 0 Å². The van der Waals surface area contributed by atoms with Crippen molar-refractivity contribution in [2.24, 2.45) is 23.0 Å². The second-order valence-corrected chi connectivity index (χ2v) is 4.87. The van der Waals surface area contributed by atoms with Gasteiger partial charge in [0.2, 0.25) is 0 Å². The highest BCUT2D eigenvalue weighted by Gasteiger charge is 2.38. The lowest BCUT2D eigenvalue weighted by Crippen LogP contribution is -2.42. The van der Waals surface area contributed by atoms with Crippen LogP contribution >= 0.6 is 0 Å². The molecule has 0 bridgehead atoms. The van der Waals surface area contributed by atoms with Crippen LogP contribution in [0.4, 0.5) is 0 Å². The van der Waals surface area contributed by atoms with Crippen molar-refractivity contribution >= 4 is 0 Å². The molecule has 0 saturated heterocycles. The highest BCUT2D eigenvalue weighted by atomic mass is 16.3. The van der Waals surface area contributed by atoms with E-state index in [0.717, 1.165) is 12.8 Å². The molecule has 1 aliphatic rings. The third kappa shape index (κ3) is 1.80. The standard InChI is InChI=1S/C10H21NO/c1-7-8(6-11)4-9(12)5-10(7,2)3/h7-9,12H,4-6,11H2,1-3H3. The molecule has 1 rings (SSSR count). The molecule has 3 atom stereocenters. The highest BCUT2D eigenvalue weighted by molar-refractivity contribution is 4.89. The first kappa shape index (κ1) is 10.0. The third-order valence-electron chi connectivity index (χ3n) is 3.58. The summed E-state index contributed by atoms with van der Waals surface area (Å²) in [6.45, 7) is 7.41. The number of hydrogen-bond donors (Lipinski definition) is 2. The lowest BCUT2D eigenvalue weighted by molar-refractivity contribution is -0.00700. The van der Waals surface area contributed by atoms with Gasteiger partial charge in [-0.1, -0.05) is 20.8 Å². The lowest BCUT2D eigenvalue weighted by atomic mass is 9.63. The van der Waals surface area contributed by atoms with Crippen molar-refractivity contribution in [3.05, 3.63) is 0 Å². The average molecular weight is 171 g/mol. The summed E-state index contributed by atoms with van der Waals surface area (Å²) >= 11 is 0. The fraction of sp³-hybridized carbons (Fsp3) is 1.00. The van der Waals surface area contributed by atoms with Crippen LogP contribution in [-0.4, -0.2) is 17.8 Å². The van der Waals surface area contributed by atoms with Gasteiger partial charge in [0, 0.05) is 0 Å². The molecule has 1 aliphatic carbocycles. The van der Waals surface area contributed by atoms with E-state index in [2.05, 4.69) is 20.8 Å². The Labute approximate surface area is 75.2 Å². The minimum Gasteiger partial charge on any atom is -0.393 e. The maximum absolute atomic E-state index is 9.61. The van der Waals surface area contributed by atoms with Crippen molar-refractivity contribution in [2.45, 2.75) is 39.7 Å². The molecule has 0 aromatic carbocycles. The molecule has 0 heterocycles. The fourth-order valence-electron chi connectivity index (χ4n) is 2.37. The summed E-state index contributed by atoms with van der Waals surface area (Å²) in [6.07, 6.45) is 1.68. The molecule has 0 radical (unpaired) electrons. The molecule has 1 saturated carbocycles. The summed E-state index contributed by atoms with van der Waals surface area (Å²) < 4.78 is 0. The highest BCUT2D eigenvalue weighted by Crippen LogP contribution is 2.43. The van der Waals surface area contributed by atoms with Crippen LogP contribution in [0.5, 0.6) is 0 Å². The normalized spacial score (nSPS) is 41.2. The van der Waals surface area contributed by atoms with Crippen molar-refractivity contribution < 1.29 is 5.11 Å². The number of hydrogen-bond acceptors (Lipinski definition) is 2. The van der Waals surface area contributed by atoms with Gasteiger partial charge in [0.15, 0.2) is 0 Å². The molecule has 1 fully saturated rings. The molecule has 2 heteroatoms. The molecule has 0 aromatic rings. The molecule has 0 spiro atoms. The summed E-state index contributed by atoms with van der Waals surface area (Å²) in [7, 11) is 0. The van der Waals surface area contributed by atoms with Gasteiger partial charge < -0.3 is 10.8 Å². The Morgan fingerprint density at radius 3 is 2.58 bits per heavy atom. The Kier molecular flexibility index (Phi) is 2.79. The van der Waals surface area contributed by atoms with E-state index >= 15 is 0 Å². The smallest absolute Gasteiger partial charge is 0.0548 e. The Bertz CT molecular complexity index is 156. The Balaban J connectivity index is 2.68. The van der Waals surface area contributed by atoms with Gasteiger partial charge in [-0.3, -0.25) is 0 Å². The molecule has 2 nitrogen and oxygen atoms in total. The first-order chi connectivity index (χ1) is 5.47. The zero-order valence-corrected chi connectivity index (χ0v) is 8.38. The minimum absolute atomic E-state index is 0.134. The summed E-state index contributed by atoms with van der Waals surface area (Å²) in [5.74, 6) is 1.13. The summed E-state index contributed by atoms with van der Waals surface area (Å²) in [5.41, 5.74) is 5.92. The SMILES string of the molecule is CC1C(CN)CC(O)CC1(C)C. The van der Waals surface area contributed by atoms with Crippen LogP contribution in [0, 0.1) is 17.3 Å². The number of aliphatic hydroxyl groups excluding tert-OH is 1. The van der Waals surface area contributed by atoms with Crippen LogP contribution in [0.25, 0.3) is 0 Å². The molecule has 3 N–H and O–H groups in total. The first-order valence-corrected chi connectivity index (χ1v) is 4.85. The van der Waals surface area contributed by atoms with Crippen molar-refractivity contribution in [3.63, 3.8) is 0 Å². The van der Waals surface area contributed by atoms with Gasteiger partial charge in [-0.15, -0.1) is 0 Å². The molecular formula is C10H21NO. The molecule has 3 unspecified atom stereocenters. The van der Waals surface area contributed by atoms with Gasteiger partial charge in [0.05, 0.1) is 6.10 Å². The van der Waals surface area contributed by atoms with E-state index in [1.807, 2.05) is 0 Å². The van der Waals surface area contributed by atoms with Gasteiger partial charge in [0.25, 0.3) is 0 Å². The van der Waals surface area contributed by atoms with Crippen LogP contribution in [0.15, 0.2) is 0 Å². The van der Waals surface area contributed by atoms with Crippen molar-refractivity contribution in [1.29, 1.82) is 0 Å². The van der Waals surface area contributed by atoms with Crippen LogP contribution in [0.1, 0.15) is 33.6 Å². The van der Waals surface area contributed by atoms with Crippen molar-refractivity contribution in [1.82, 2.24) is 0 Å². The predicted molar refractivity (Wildman–Crippen MR) is 50.7 cm³/mol. The van der Waals surface area contributed by atoms with E-state index in [1.54, 1.807) is 0 Å². The van der Waals surface area contributed by atoms with E-state index in [0.29, 0.717) is 18.4 Å². The van der Waals surface area contributed by atoms with Gasteiger partial charge in [-0.2, -0.15) is 0 Å². The Morgan fingerprint density at radius 2 is 2.08 bits per heavy atom. The second-order valence-electron chi connectivity index (χ2n) is 4.87. The van der Waals surface area contributed by atoms with E-state index in [9.17, 15) is 5.11 Å². The van der Waals surface area contributed by atoms with Crippen molar-refractivity contribution in [3.8, 4) is 0 Å². The van der Waals surface area contributed by atoms with E-state index < -0.39 is 0 Å². The minimum atomic E-state index is -0.134. The van der Waals surface area contributed by atoms with Crippen LogP contribution in [0.3, 0.4) is 0 Å². The van der Waals surface area contributed by atoms with E-state index in [1.165, 1.54) is 0 Å². The quantitative estimate of drug-likeness (QED) is 0.626. The monoisotopic (exact) mass is 171 g/mol. The zero-order chi connectivity index (χ0) is 9.35.